The smallest absolute Gasteiger partial charge is 0.0390 e. The summed E-state index contributed by atoms with van der Waals surface area (Å²) in [5.74, 6) is 0.586. The van der Waals surface area contributed by atoms with Crippen LogP contribution in [0.3, 0.4) is 0 Å². The molecule has 27 heavy (non-hydrogen) atoms. The molecule has 3 aromatic carbocycles. The molecule has 1 aliphatic heterocycles. The molecule has 3 atom stereocenters. The van der Waals surface area contributed by atoms with Crippen molar-refractivity contribution in [2.24, 2.45) is 0 Å². The lowest BCUT2D eigenvalue weighted by Gasteiger charge is -2.17. The van der Waals surface area contributed by atoms with Gasteiger partial charge in [-0.05, 0) is 35.7 Å². The summed E-state index contributed by atoms with van der Waals surface area (Å²) in [5, 5.41) is 2.80. The Morgan fingerprint density at radius 1 is 1.04 bits per heavy atom. The third-order valence-electron chi connectivity index (χ3n) is 5.83. The molecule has 3 heteroatoms. The molecule has 1 saturated heterocycles. The summed E-state index contributed by atoms with van der Waals surface area (Å²) in [5.41, 5.74) is 9.64. The van der Waals surface area contributed by atoms with Crippen molar-refractivity contribution in [1.29, 1.82) is 0 Å². The normalized spacial score (nSPS) is 20.2. The van der Waals surface area contributed by atoms with E-state index in [0.29, 0.717) is 12.0 Å². The Kier molecular flexibility index (Phi) is 4.14. The number of benzene rings is 3. The minimum absolute atomic E-state index is 0.586. The molecule has 136 valence electrons. The van der Waals surface area contributed by atoms with Gasteiger partial charge in [-0.15, -0.1) is 11.3 Å². The van der Waals surface area contributed by atoms with E-state index in [9.17, 15) is 0 Å². The van der Waals surface area contributed by atoms with Crippen LogP contribution in [0, 0.1) is 0 Å². The van der Waals surface area contributed by atoms with E-state index in [0.717, 1.165) is 12.2 Å². The largest absolute Gasteiger partial charge is 0.399 e. The second kappa shape index (κ2) is 6.66. The maximum absolute atomic E-state index is 5.95. The van der Waals surface area contributed by atoms with E-state index in [1.54, 1.807) is 0 Å². The van der Waals surface area contributed by atoms with E-state index in [4.69, 9.17) is 5.73 Å². The van der Waals surface area contributed by atoms with Crippen molar-refractivity contribution in [1.82, 2.24) is 4.90 Å². The summed E-state index contributed by atoms with van der Waals surface area (Å²) in [6, 6.07) is 24.6. The summed E-state index contributed by atoms with van der Waals surface area (Å²) in [6.45, 7) is 4.50. The number of nitrogen functional groups attached to an aromatic ring is 1. The highest BCUT2D eigenvalue weighted by molar-refractivity contribution is 7.26. The van der Waals surface area contributed by atoms with Crippen LogP contribution in [0.15, 0.2) is 66.7 Å². The number of hydrogen-bond donors (Lipinski definition) is 1. The molecule has 0 radical (unpaired) electrons. The second-order valence-electron chi connectivity index (χ2n) is 7.58. The SMILES string of the molecule is CC[C@@H](c1cccc2c1sc1ccccc12)C1CN1Cc1cccc(N)c1. The first-order valence-corrected chi connectivity index (χ1v) is 10.5. The number of thiophene rings is 1. The summed E-state index contributed by atoms with van der Waals surface area (Å²) < 4.78 is 2.86. The second-order valence-corrected chi connectivity index (χ2v) is 8.63. The molecule has 2 N–H and O–H groups in total. The van der Waals surface area contributed by atoms with Gasteiger partial charge in [0.2, 0.25) is 0 Å². The summed E-state index contributed by atoms with van der Waals surface area (Å²) in [4.78, 5) is 2.58. The maximum Gasteiger partial charge on any atom is 0.0390 e. The van der Waals surface area contributed by atoms with E-state index < -0.39 is 0 Å². The Labute approximate surface area is 164 Å². The van der Waals surface area contributed by atoms with Crippen LogP contribution in [0.5, 0.6) is 0 Å². The first-order valence-electron chi connectivity index (χ1n) is 9.73. The van der Waals surface area contributed by atoms with Crippen molar-refractivity contribution in [3.63, 3.8) is 0 Å². The third kappa shape index (κ3) is 3.01. The fourth-order valence-electron chi connectivity index (χ4n) is 4.44. The van der Waals surface area contributed by atoms with Gasteiger partial charge in [0.05, 0.1) is 0 Å². The summed E-state index contributed by atoms with van der Waals surface area (Å²) in [7, 11) is 0. The number of rotatable bonds is 5. The quantitative estimate of drug-likeness (QED) is 0.343. The van der Waals surface area contributed by atoms with E-state index in [1.807, 2.05) is 17.4 Å². The van der Waals surface area contributed by atoms with E-state index in [-0.39, 0.29) is 0 Å². The first-order chi connectivity index (χ1) is 13.2. The molecule has 5 rings (SSSR count). The Morgan fingerprint density at radius 3 is 2.70 bits per heavy atom. The molecule has 4 aromatic rings. The molecule has 0 bridgehead atoms. The van der Waals surface area contributed by atoms with Crippen molar-refractivity contribution in [2.45, 2.75) is 31.8 Å². The summed E-state index contributed by atoms with van der Waals surface area (Å²) >= 11 is 1.95. The fraction of sp³-hybridized carbons (Fsp3) is 0.250. The van der Waals surface area contributed by atoms with Crippen LogP contribution >= 0.6 is 11.3 Å². The lowest BCUT2D eigenvalue weighted by Crippen LogP contribution is -2.11. The zero-order valence-corrected chi connectivity index (χ0v) is 16.4. The number of hydrogen-bond acceptors (Lipinski definition) is 3. The Hall–Kier alpha value is -2.36. The molecule has 1 aliphatic rings. The van der Waals surface area contributed by atoms with Crippen LogP contribution in [-0.2, 0) is 6.54 Å². The molecule has 1 aromatic heterocycles. The van der Waals surface area contributed by atoms with Crippen LogP contribution in [0.25, 0.3) is 20.2 Å². The highest BCUT2D eigenvalue weighted by Crippen LogP contribution is 2.43. The number of nitrogens with zero attached hydrogens (tertiary/aromatic N) is 1. The fourth-order valence-corrected chi connectivity index (χ4v) is 5.72. The van der Waals surface area contributed by atoms with Crippen LogP contribution < -0.4 is 5.73 Å². The van der Waals surface area contributed by atoms with Crippen molar-refractivity contribution in [2.75, 3.05) is 12.3 Å². The molecule has 2 heterocycles. The van der Waals surface area contributed by atoms with Gasteiger partial charge in [-0.25, -0.2) is 0 Å². The lowest BCUT2D eigenvalue weighted by atomic mass is 9.92. The molecule has 0 aliphatic carbocycles. The molecule has 0 amide bonds. The standard InChI is InChI=1S/C24H24N2S/c1-2-18(22-15-26(22)14-16-7-5-8-17(25)13-16)20-10-6-11-21-19-9-3-4-12-23(19)27-24(20)21/h3-13,18,22H,2,14-15,25H2,1H3/t18-,22?,26?/m0/s1. The van der Waals surface area contributed by atoms with Crippen molar-refractivity contribution < 1.29 is 0 Å². The molecular weight excluding hydrogens is 348 g/mol. The van der Waals surface area contributed by atoms with Gasteiger partial charge in [0.15, 0.2) is 0 Å². The van der Waals surface area contributed by atoms with Gasteiger partial charge in [-0.3, -0.25) is 4.90 Å². The van der Waals surface area contributed by atoms with Gasteiger partial charge in [0, 0.05) is 50.9 Å². The number of nitrogens with two attached hydrogens (primary N) is 1. The maximum atomic E-state index is 5.95. The summed E-state index contributed by atoms with van der Waals surface area (Å²) in [6.07, 6.45) is 1.17. The van der Waals surface area contributed by atoms with Gasteiger partial charge < -0.3 is 5.73 Å². The topological polar surface area (TPSA) is 29.0 Å². The molecule has 1 fully saturated rings. The number of fused-ring (bicyclic) bond motifs is 3. The third-order valence-corrected chi connectivity index (χ3v) is 7.07. The predicted octanol–water partition coefficient (Wildman–Crippen LogP) is 6.01. The van der Waals surface area contributed by atoms with Crippen molar-refractivity contribution in [3.8, 4) is 0 Å². The zero-order chi connectivity index (χ0) is 18.4. The highest BCUT2D eigenvalue weighted by atomic mass is 32.1. The zero-order valence-electron chi connectivity index (χ0n) is 15.6. The Bertz CT molecular complexity index is 1110. The average molecular weight is 373 g/mol. The van der Waals surface area contributed by atoms with Gasteiger partial charge in [0.25, 0.3) is 0 Å². The number of anilines is 1. The molecule has 0 saturated carbocycles. The van der Waals surface area contributed by atoms with E-state index in [2.05, 4.69) is 72.5 Å². The Balaban J connectivity index is 1.46. The van der Waals surface area contributed by atoms with Crippen LogP contribution in [0.4, 0.5) is 5.69 Å². The average Bonchev–Trinajstić information content (AvgIpc) is 3.31. The Morgan fingerprint density at radius 2 is 1.85 bits per heavy atom. The minimum Gasteiger partial charge on any atom is -0.399 e. The van der Waals surface area contributed by atoms with Crippen LogP contribution in [0.1, 0.15) is 30.4 Å². The molecule has 2 unspecified atom stereocenters. The monoisotopic (exact) mass is 372 g/mol. The molecule has 2 nitrogen and oxygen atoms in total. The van der Waals surface area contributed by atoms with Crippen molar-refractivity contribution in [3.05, 3.63) is 77.9 Å². The lowest BCUT2D eigenvalue weighted by molar-refractivity contribution is 0.455. The predicted molar refractivity (Wildman–Crippen MR) is 117 cm³/mol. The van der Waals surface area contributed by atoms with Crippen LogP contribution in [0.2, 0.25) is 0 Å². The van der Waals surface area contributed by atoms with Crippen molar-refractivity contribution >= 4 is 37.2 Å². The van der Waals surface area contributed by atoms with Crippen LogP contribution in [-0.4, -0.2) is 17.5 Å². The van der Waals surface area contributed by atoms with Gasteiger partial charge in [0.1, 0.15) is 0 Å². The first kappa shape index (κ1) is 16.8. The minimum atomic E-state index is 0.586. The van der Waals surface area contributed by atoms with Gasteiger partial charge in [-0.1, -0.05) is 55.5 Å². The molecular formula is C24H24N2S. The van der Waals surface area contributed by atoms with Gasteiger partial charge in [-0.2, -0.15) is 0 Å². The van der Waals surface area contributed by atoms with E-state index >= 15 is 0 Å². The highest BCUT2D eigenvalue weighted by Gasteiger charge is 2.40. The molecule has 0 spiro atoms. The van der Waals surface area contributed by atoms with Gasteiger partial charge >= 0.3 is 0 Å². The van der Waals surface area contributed by atoms with E-state index in [1.165, 1.54) is 44.3 Å².